The second kappa shape index (κ2) is 4.73. The lowest BCUT2D eigenvalue weighted by Gasteiger charge is -2.07. The Kier molecular flexibility index (Phi) is 3.29. The SMILES string of the molecule is O=C(O)c1ccc(=O)n(-c2ccc(F)c(Br)c2)c1. The van der Waals surface area contributed by atoms with Crippen molar-refractivity contribution in [3.63, 3.8) is 0 Å². The van der Waals surface area contributed by atoms with Gasteiger partial charge in [-0.05, 0) is 40.2 Å². The molecule has 1 aromatic heterocycles. The van der Waals surface area contributed by atoms with Crippen LogP contribution in [0.4, 0.5) is 4.39 Å². The second-order valence-corrected chi connectivity index (χ2v) is 4.38. The topological polar surface area (TPSA) is 59.3 Å². The van der Waals surface area contributed by atoms with Gasteiger partial charge in [-0.3, -0.25) is 9.36 Å². The number of benzene rings is 1. The zero-order chi connectivity index (χ0) is 13.3. The molecule has 0 spiro atoms. The van der Waals surface area contributed by atoms with Crippen molar-refractivity contribution in [1.82, 2.24) is 4.57 Å². The molecule has 4 nitrogen and oxygen atoms in total. The molecule has 0 aliphatic carbocycles. The van der Waals surface area contributed by atoms with E-state index in [4.69, 9.17) is 5.11 Å². The van der Waals surface area contributed by atoms with E-state index in [0.29, 0.717) is 5.69 Å². The van der Waals surface area contributed by atoms with Crippen molar-refractivity contribution >= 4 is 21.9 Å². The summed E-state index contributed by atoms with van der Waals surface area (Å²) >= 11 is 3.01. The van der Waals surface area contributed by atoms with Gasteiger partial charge in [0, 0.05) is 18.0 Å². The summed E-state index contributed by atoms with van der Waals surface area (Å²) in [5.41, 5.74) is -0.0232. The summed E-state index contributed by atoms with van der Waals surface area (Å²) < 4.78 is 14.4. The largest absolute Gasteiger partial charge is 0.478 e. The Morgan fingerprint density at radius 2 is 2.00 bits per heavy atom. The highest BCUT2D eigenvalue weighted by Crippen LogP contribution is 2.18. The van der Waals surface area contributed by atoms with E-state index in [9.17, 15) is 14.0 Å². The summed E-state index contributed by atoms with van der Waals surface area (Å²) in [5.74, 6) is -1.59. The van der Waals surface area contributed by atoms with Crippen LogP contribution in [0.15, 0.2) is 45.8 Å². The van der Waals surface area contributed by atoms with Crippen molar-refractivity contribution in [1.29, 1.82) is 0 Å². The quantitative estimate of drug-likeness (QED) is 0.926. The van der Waals surface area contributed by atoms with Crippen molar-refractivity contribution < 1.29 is 14.3 Å². The zero-order valence-electron chi connectivity index (χ0n) is 8.93. The van der Waals surface area contributed by atoms with Crippen molar-refractivity contribution in [3.05, 3.63) is 62.7 Å². The Morgan fingerprint density at radius 1 is 1.28 bits per heavy atom. The van der Waals surface area contributed by atoms with Gasteiger partial charge in [-0.1, -0.05) is 0 Å². The van der Waals surface area contributed by atoms with Gasteiger partial charge in [-0.25, -0.2) is 9.18 Å². The van der Waals surface area contributed by atoms with Gasteiger partial charge in [-0.2, -0.15) is 0 Å². The predicted octanol–water partition coefficient (Wildman–Crippen LogP) is 2.44. The molecule has 2 aromatic rings. The molecule has 18 heavy (non-hydrogen) atoms. The smallest absolute Gasteiger partial charge is 0.337 e. The van der Waals surface area contributed by atoms with Gasteiger partial charge < -0.3 is 5.11 Å². The minimum absolute atomic E-state index is 0.0185. The van der Waals surface area contributed by atoms with Crippen LogP contribution < -0.4 is 5.56 Å². The molecule has 0 unspecified atom stereocenters. The summed E-state index contributed by atoms with van der Waals surface area (Å²) in [6.45, 7) is 0. The highest BCUT2D eigenvalue weighted by Gasteiger charge is 2.08. The molecule has 0 amide bonds. The minimum Gasteiger partial charge on any atom is -0.478 e. The number of hydrogen-bond acceptors (Lipinski definition) is 2. The van der Waals surface area contributed by atoms with Gasteiger partial charge in [0.15, 0.2) is 0 Å². The Labute approximate surface area is 109 Å². The first-order valence-electron chi connectivity index (χ1n) is 4.90. The number of hydrogen-bond donors (Lipinski definition) is 1. The fraction of sp³-hybridized carbons (Fsp3) is 0. The van der Waals surface area contributed by atoms with Crippen LogP contribution in [0.2, 0.25) is 0 Å². The number of carboxylic acid groups (broad SMARTS) is 1. The molecule has 0 bridgehead atoms. The number of carboxylic acids is 1. The van der Waals surface area contributed by atoms with E-state index in [-0.39, 0.29) is 10.0 Å². The lowest BCUT2D eigenvalue weighted by Crippen LogP contribution is -2.18. The molecule has 1 N–H and O–H groups in total. The minimum atomic E-state index is -1.13. The molecule has 0 fully saturated rings. The molecule has 2 rings (SSSR count). The van der Waals surface area contributed by atoms with Gasteiger partial charge in [0.25, 0.3) is 5.56 Å². The fourth-order valence-electron chi connectivity index (χ4n) is 1.45. The van der Waals surface area contributed by atoms with Gasteiger partial charge in [0.05, 0.1) is 10.0 Å². The van der Waals surface area contributed by atoms with Crippen LogP contribution in [0.3, 0.4) is 0 Å². The Hall–Kier alpha value is -1.95. The number of halogens is 2. The normalized spacial score (nSPS) is 10.3. The predicted molar refractivity (Wildman–Crippen MR) is 66.7 cm³/mol. The molecule has 1 aromatic carbocycles. The summed E-state index contributed by atoms with van der Waals surface area (Å²) in [6.07, 6.45) is 1.20. The molecule has 0 radical (unpaired) electrons. The van der Waals surface area contributed by atoms with E-state index >= 15 is 0 Å². The third kappa shape index (κ3) is 2.33. The fourth-order valence-corrected chi connectivity index (χ4v) is 1.82. The molecule has 92 valence electrons. The first-order valence-corrected chi connectivity index (χ1v) is 5.70. The van der Waals surface area contributed by atoms with Crippen LogP contribution in [0.25, 0.3) is 5.69 Å². The van der Waals surface area contributed by atoms with Crippen LogP contribution in [-0.4, -0.2) is 15.6 Å². The second-order valence-electron chi connectivity index (χ2n) is 3.53. The molecular formula is C12H7BrFNO3. The van der Waals surface area contributed by atoms with Crippen molar-refractivity contribution in [2.75, 3.05) is 0 Å². The molecule has 0 saturated carbocycles. The number of aromatic carboxylic acids is 1. The van der Waals surface area contributed by atoms with Crippen LogP contribution in [0, 0.1) is 5.82 Å². The van der Waals surface area contributed by atoms with Crippen molar-refractivity contribution in [2.45, 2.75) is 0 Å². The summed E-state index contributed by atoms with van der Waals surface area (Å²) in [5, 5.41) is 8.86. The third-order valence-corrected chi connectivity index (χ3v) is 2.95. The Bertz CT molecular complexity index is 681. The first kappa shape index (κ1) is 12.5. The molecule has 6 heteroatoms. The summed E-state index contributed by atoms with van der Waals surface area (Å²) in [6, 6.07) is 6.37. The third-order valence-electron chi connectivity index (χ3n) is 2.34. The number of carbonyl (C=O) groups is 1. The van der Waals surface area contributed by atoms with Crippen LogP contribution in [0.1, 0.15) is 10.4 Å². The molecule has 0 aliphatic rings. The number of nitrogens with zero attached hydrogens (tertiary/aromatic N) is 1. The summed E-state index contributed by atoms with van der Waals surface area (Å²) in [4.78, 5) is 22.5. The molecule has 0 atom stereocenters. The van der Waals surface area contributed by atoms with E-state index in [1.165, 1.54) is 30.5 Å². The maximum Gasteiger partial charge on any atom is 0.337 e. The van der Waals surface area contributed by atoms with Crippen LogP contribution in [0.5, 0.6) is 0 Å². The monoisotopic (exact) mass is 311 g/mol. The number of rotatable bonds is 2. The number of pyridine rings is 1. The highest BCUT2D eigenvalue weighted by atomic mass is 79.9. The molecular weight excluding hydrogens is 305 g/mol. The average Bonchev–Trinajstić information content (AvgIpc) is 2.33. The van der Waals surface area contributed by atoms with E-state index in [1.54, 1.807) is 0 Å². The van der Waals surface area contributed by atoms with E-state index in [0.717, 1.165) is 10.6 Å². The van der Waals surface area contributed by atoms with Gasteiger partial charge in [-0.15, -0.1) is 0 Å². The van der Waals surface area contributed by atoms with Gasteiger partial charge >= 0.3 is 5.97 Å². The van der Waals surface area contributed by atoms with E-state index in [2.05, 4.69) is 15.9 Å². The van der Waals surface area contributed by atoms with Crippen molar-refractivity contribution in [3.8, 4) is 5.69 Å². The van der Waals surface area contributed by atoms with Crippen LogP contribution >= 0.6 is 15.9 Å². The summed E-state index contributed by atoms with van der Waals surface area (Å²) in [7, 11) is 0. The molecule has 0 aliphatic heterocycles. The standard InChI is InChI=1S/C12H7BrFNO3/c13-9-5-8(2-3-10(9)14)15-6-7(12(17)18)1-4-11(15)16/h1-6H,(H,17,18). The number of aromatic nitrogens is 1. The molecule has 0 saturated heterocycles. The Balaban J connectivity index is 2.62. The van der Waals surface area contributed by atoms with Crippen LogP contribution in [-0.2, 0) is 0 Å². The lowest BCUT2D eigenvalue weighted by molar-refractivity contribution is 0.0696. The van der Waals surface area contributed by atoms with Gasteiger partial charge in [0.1, 0.15) is 5.82 Å². The van der Waals surface area contributed by atoms with Gasteiger partial charge in [0.2, 0.25) is 0 Å². The van der Waals surface area contributed by atoms with E-state index < -0.39 is 17.3 Å². The first-order chi connectivity index (χ1) is 8.49. The Morgan fingerprint density at radius 3 is 2.61 bits per heavy atom. The maximum atomic E-state index is 13.1. The average molecular weight is 312 g/mol. The zero-order valence-corrected chi connectivity index (χ0v) is 10.5. The maximum absolute atomic E-state index is 13.1. The van der Waals surface area contributed by atoms with Crippen molar-refractivity contribution in [2.24, 2.45) is 0 Å². The highest BCUT2D eigenvalue weighted by molar-refractivity contribution is 9.10. The lowest BCUT2D eigenvalue weighted by atomic mass is 10.2. The van der Waals surface area contributed by atoms with E-state index in [1.807, 2.05) is 0 Å². The molecule has 1 heterocycles.